The molecule has 1 unspecified atom stereocenters. The summed E-state index contributed by atoms with van der Waals surface area (Å²) in [4.78, 5) is 15.5. The predicted octanol–water partition coefficient (Wildman–Crippen LogP) is 4.60. The molecule has 1 N–H and O–H groups in total. The van der Waals surface area contributed by atoms with Crippen LogP contribution >= 0.6 is 15.9 Å². The number of aromatic nitrogens is 3. The van der Waals surface area contributed by atoms with Crippen molar-refractivity contribution in [1.82, 2.24) is 25.0 Å². The van der Waals surface area contributed by atoms with Crippen molar-refractivity contribution in [1.29, 1.82) is 0 Å². The Kier molecular flexibility index (Phi) is 7.18. The molecule has 1 aliphatic carbocycles. The van der Waals surface area contributed by atoms with Gasteiger partial charge in [0.2, 0.25) is 0 Å². The van der Waals surface area contributed by atoms with Gasteiger partial charge in [-0.2, -0.15) is 0 Å². The van der Waals surface area contributed by atoms with Gasteiger partial charge in [0, 0.05) is 21.6 Å². The number of rotatable bonds is 10. The molecule has 0 spiro atoms. The average Bonchev–Trinajstić information content (AvgIpc) is 3.51. The fourth-order valence-corrected chi connectivity index (χ4v) is 4.33. The minimum absolute atomic E-state index is 0.0209. The van der Waals surface area contributed by atoms with Gasteiger partial charge in [-0.25, -0.2) is 0 Å². The second-order valence-corrected chi connectivity index (χ2v) is 9.84. The molecule has 4 rings (SSSR count). The molecule has 1 saturated carbocycles. The lowest BCUT2D eigenvalue weighted by atomic mass is 10.0. The van der Waals surface area contributed by atoms with E-state index in [-0.39, 0.29) is 5.78 Å². The third kappa shape index (κ3) is 5.52. The molecule has 168 valence electrons. The van der Waals surface area contributed by atoms with Gasteiger partial charge < -0.3 is 10.2 Å². The zero-order valence-corrected chi connectivity index (χ0v) is 20.5. The van der Waals surface area contributed by atoms with Crippen molar-refractivity contribution in [3.63, 3.8) is 0 Å². The number of benzene rings is 2. The number of ketones is 1. The second-order valence-electron chi connectivity index (χ2n) is 8.92. The van der Waals surface area contributed by atoms with Crippen LogP contribution in [0.1, 0.15) is 53.8 Å². The highest BCUT2D eigenvalue weighted by Crippen LogP contribution is 2.33. The molecule has 1 atom stereocenters. The van der Waals surface area contributed by atoms with Crippen LogP contribution in [0.5, 0.6) is 0 Å². The molecule has 0 radical (unpaired) electrons. The van der Waals surface area contributed by atoms with Crippen LogP contribution in [0, 0.1) is 5.92 Å². The summed E-state index contributed by atoms with van der Waals surface area (Å²) >= 11 is 3.54. The van der Waals surface area contributed by atoms with Crippen molar-refractivity contribution in [2.75, 3.05) is 14.1 Å². The lowest BCUT2D eigenvalue weighted by Gasteiger charge is -2.18. The Hall–Kier alpha value is -2.35. The van der Waals surface area contributed by atoms with Gasteiger partial charge in [0.05, 0.1) is 18.8 Å². The van der Waals surface area contributed by atoms with Gasteiger partial charge in [0.1, 0.15) is 0 Å². The van der Waals surface area contributed by atoms with Crippen molar-refractivity contribution < 1.29 is 4.79 Å². The summed E-state index contributed by atoms with van der Waals surface area (Å²) in [6.45, 7) is 3.45. The molecular weight excluding hydrogens is 466 g/mol. The van der Waals surface area contributed by atoms with Crippen molar-refractivity contribution in [2.24, 2.45) is 5.92 Å². The lowest BCUT2D eigenvalue weighted by molar-refractivity contribution is 0.103. The standard InChI is InChI=1S/C25H30BrN5O/c1-17(13-18-9-10-18)27-15-23-28-29-24(16-30(2)3)31(23)22-12-11-20(26)14-21(22)25(32)19-7-5-4-6-8-19/h4-8,11-12,14,17-18,27H,9-10,13,15-16H2,1-3H3. The number of hydrogen-bond donors (Lipinski definition) is 1. The van der Waals surface area contributed by atoms with Gasteiger partial charge in [-0.05, 0) is 51.6 Å². The first-order valence-corrected chi connectivity index (χ1v) is 11.9. The Morgan fingerprint density at radius 1 is 1.16 bits per heavy atom. The summed E-state index contributed by atoms with van der Waals surface area (Å²) in [6.07, 6.45) is 3.88. The normalized spacial score (nSPS) is 14.7. The van der Waals surface area contributed by atoms with E-state index >= 15 is 0 Å². The Morgan fingerprint density at radius 2 is 1.88 bits per heavy atom. The Labute approximate surface area is 198 Å². The van der Waals surface area contributed by atoms with Crippen molar-refractivity contribution in [3.8, 4) is 5.69 Å². The number of halogens is 1. The minimum atomic E-state index is -0.0209. The quantitative estimate of drug-likeness (QED) is 0.416. The highest BCUT2D eigenvalue weighted by molar-refractivity contribution is 9.10. The van der Waals surface area contributed by atoms with E-state index < -0.39 is 0 Å². The van der Waals surface area contributed by atoms with Gasteiger partial charge >= 0.3 is 0 Å². The molecule has 1 aromatic heterocycles. The minimum Gasteiger partial charge on any atom is -0.307 e. The SMILES string of the molecule is CC(CC1CC1)NCc1nnc(CN(C)C)n1-c1ccc(Br)cc1C(=O)c1ccccc1. The maximum Gasteiger partial charge on any atom is 0.195 e. The maximum atomic E-state index is 13.5. The Bertz CT molecular complexity index is 1080. The van der Waals surface area contributed by atoms with Gasteiger partial charge in [0.25, 0.3) is 0 Å². The molecule has 1 fully saturated rings. The summed E-state index contributed by atoms with van der Waals surface area (Å²) in [6, 6.07) is 15.6. The molecule has 3 aromatic rings. The highest BCUT2D eigenvalue weighted by Gasteiger charge is 2.25. The van der Waals surface area contributed by atoms with Crippen molar-refractivity contribution in [3.05, 3.63) is 75.8 Å². The van der Waals surface area contributed by atoms with Gasteiger partial charge in [-0.15, -0.1) is 10.2 Å². The third-order valence-corrected chi connectivity index (χ3v) is 6.22. The molecular formula is C25H30BrN5O. The van der Waals surface area contributed by atoms with E-state index in [2.05, 4.69) is 43.3 Å². The molecule has 0 bridgehead atoms. The van der Waals surface area contributed by atoms with Crippen LogP contribution in [0.3, 0.4) is 0 Å². The zero-order chi connectivity index (χ0) is 22.7. The number of carbonyl (C=O) groups is 1. The van der Waals surface area contributed by atoms with Crippen LogP contribution in [0.25, 0.3) is 5.69 Å². The van der Waals surface area contributed by atoms with Gasteiger partial charge in [-0.3, -0.25) is 9.36 Å². The summed E-state index contributed by atoms with van der Waals surface area (Å²) in [5.74, 6) is 2.47. The van der Waals surface area contributed by atoms with E-state index in [0.29, 0.717) is 30.3 Å². The van der Waals surface area contributed by atoms with Gasteiger partial charge in [0.15, 0.2) is 17.4 Å². The molecule has 0 saturated heterocycles. The van der Waals surface area contributed by atoms with E-state index in [1.165, 1.54) is 19.3 Å². The first-order chi connectivity index (χ1) is 15.4. The predicted molar refractivity (Wildman–Crippen MR) is 130 cm³/mol. The summed E-state index contributed by atoms with van der Waals surface area (Å²) < 4.78 is 2.90. The second kappa shape index (κ2) is 10.1. The first kappa shape index (κ1) is 22.8. The number of nitrogens with one attached hydrogen (secondary N) is 1. The van der Waals surface area contributed by atoms with Gasteiger partial charge in [-0.1, -0.05) is 59.1 Å². The fourth-order valence-electron chi connectivity index (χ4n) is 3.96. The van der Waals surface area contributed by atoms with Crippen molar-refractivity contribution in [2.45, 2.75) is 45.3 Å². The van der Waals surface area contributed by atoms with Crippen LogP contribution in [0.2, 0.25) is 0 Å². The van der Waals surface area contributed by atoms with E-state index in [1.54, 1.807) is 0 Å². The summed E-state index contributed by atoms with van der Waals surface area (Å²) in [7, 11) is 4.01. The molecule has 6 nitrogen and oxygen atoms in total. The Morgan fingerprint density at radius 3 is 2.56 bits per heavy atom. The zero-order valence-electron chi connectivity index (χ0n) is 18.9. The van der Waals surface area contributed by atoms with E-state index in [4.69, 9.17) is 0 Å². The monoisotopic (exact) mass is 495 g/mol. The molecule has 1 aliphatic rings. The number of hydrogen-bond acceptors (Lipinski definition) is 5. The average molecular weight is 496 g/mol. The maximum absolute atomic E-state index is 13.5. The molecule has 2 aromatic carbocycles. The van der Waals surface area contributed by atoms with Crippen LogP contribution in [-0.2, 0) is 13.1 Å². The van der Waals surface area contributed by atoms with E-state index in [1.807, 2.05) is 67.2 Å². The number of carbonyl (C=O) groups excluding carboxylic acids is 1. The molecule has 32 heavy (non-hydrogen) atoms. The molecule has 7 heteroatoms. The molecule has 0 amide bonds. The lowest BCUT2D eigenvalue weighted by Crippen LogP contribution is -2.28. The first-order valence-electron chi connectivity index (χ1n) is 11.1. The van der Waals surface area contributed by atoms with Crippen LogP contribution in [-0.4, -0.2) is 45.6 Å². The third-order valence-electron chi connectivity index (χ3n) is 5.73. The van der Waals surface area contributed by atoms with Crippen LogP contribution in [0.4, 0.5) is 0 Å². The van der Waals surface area contributed by atoms with E-state index in [0.717, 1.165) is 27.7 Å². The smallest absolute Gasteiger partial charge is 0.195 e. The number of nitrogens with zero attached hydrogens (tertiary/aromatic N) is 4. The Balaban J connectivity index is 1.72. The summed E-state index contributed by atoms with van der Waals surface area (Å²) in [5.41, 5.74) is 2.08. The van der Waals surface area contributed by atoms with Crippen LogP contribution < -0.4 is 5.32 Å². The molecule has 1 heterocycles. The van der Waals surface area contributed by atoms with Crippen LogP contribution in [0.15, 0.2) is 53.0 Å². The highest BCUT2D eigenvalue weighted by atomic mass is 79.9. The largest absolute Gasteiger partial charge is 0.307 e. The van der Waals surface area contributed by atoms with Crippen molar-refractivity contribution >= 4 is 21.7 Å². The topological polar surface area (TPSA) is 63.1 Å². The molecule has 0 aliphatic heterocycles. The fraction of sp³-hybridized carbons (Fsp3) is 0.400. The summed E-state index contributed by atoms with van der Waals surface area (Å²) in [5, 5.41) is 12.6. The van der Waals surface area contributed by atoms with E-state index in [9.17, 15) is 4.79 Å².